The van der Waals surface area contributed by atoms with Crippen molar-refractivity contribution in [1.82, 2.24) is 15.0 Å². The van der Waals surface area contributed by atoms with Crippen LogP contribution in [0.25, 0.3) is 11.3 Å². The van der Waals surface area contributed by atoms with Crippen LogP contribution < -0.4 is 16.4 Å². The van der Waals surface area contributed by atoms with Gasteiger partial charge in [0.1, 0.15) is 11.6 Å². The first-order valence-corrected chi connectivity index (χ1v) is 8.04. The molecule has 0 aliphatic heterocycles. The van der Waals surface area contributed by atoms with Crippen LogP contribution in [0.4, 0.5) is 17.5 Å². The van der Waals surface area contributed by atoms with Crippen LogP contribution in [0.1, 0.15) is 6.42 Å². The Morgan fingerprint density at radius 2 is 1.96 bits per heavy atom. The fourth-order valence-corrected chi connectivity index (χ4v) is 2.34. The quantitative estimate of drug-likeness (QED) is 0.491. The third kappa shape index (κ3) is 4.42. The molecule has 0 spiro atoms. The van der Waals surface area contributed by atoms with E-state index in [1.807, 2.05) is 24.3 Å². The first-order valence-electron chi connectivity index (χ1n) is 8.04. The van der Waals surface area contributed by atoms with Crippen LogP contribution in [-0.2, 0) is 0 Å². The number of phenolic OH excluding ortho intramolecular Hbond substituents is 1. The molecule has 7 heteroatoms. The topological polar surface area (TPSA) is 109 Å². The second-order valence-corrected chi connectivity index (χ2v) is 5.41. The Hall–Kier alpha value is -3.19. The van der Waals surface area contributed by atoms with E-state index in [9.17, 15) is 5.11 Å². The van der Waals surface area contributed by atoms with Gasteiger partial charge < -0.3 is 21.5 Å². The molecule has 0 bridgehead atoms. The van der Waals surface area contributed by atoms with E-state index in [1.54, 1.807) is 30.6 Å². The minimum absolute atomic E-state index is 0.180. The van der Waals surface area contributed by atoms with Crippen molar-refractivity contribution in [2.75, 3.05) is 23.7 Å². The lowest BCUT2D eigenvalue weighted by molar-refractivity contribution is 0.475. The van der Waals surface area contributed by atoms with Crippen molar-refractivity contribution in [3.05, 3.63) is 54.9 Å². The predicted molar refractivity (Wildman–Crippen MR) is 98.8 cm³/mol. The number of benzene rings is 1. The van der Waals surface area contributed by atoms with Crippen LogP contribution in [0.5, 0.6) is 5.75 Å². The zero-order valence-electron chi connectivity index (χ0n) is 13.7. The number of pyridine rings is 1. The molecule has 0 aliphatic rings. The van der Waals surface area contributed by atoms with Crippen molar-refractivity contribution in [1.29, 1.82) is 0 Å². The van der Waals surface area contributed by atoms with E-state index in [0.717, 1.165) is 30.0 Å². The van der Waals surface area contributed by atoms with Gasteiger partial charge in [0.05, 0.1) is 5.69 Å². The van der Waals surface area contributed by atoms with Gasteiger partial charge in [0.25, 0.3) is 0 Å². The number of aromatic nitrogens is 3. The van der Waals surface area contributed by atoms with E-state index in [2.05, 4.69) is 25.6 Å². The predicted octanol–water partition coefficient (Wildman–Crippen LogP) is 2.75. The van der Waals surface area contributed by atoms with E-state index in [4.69, 9.17) is 5.73 Å². The molecular formula is C18H20N6O. The lowest BCUT2D eigenvalue weighted by Crippen LogP contribution is -2.10. The number of aromatic hydroxyl groups is 1. The summed E-state index contributed by atoms with van der Waals surface area (Å²) in [5, 5.41) is 15.9. The molecule has 0 aliphatic carbocycles. The van der Waals surface area contributed by atoms with Gasteiger partial charge in [0.2, 0.25) is 5.95 Å². The highest BCUT2D eigenvalue weighted by Crippen LogP contribution is 2.25. The number of hydrogen-bond donors (Lipinski definition) is 4. The fraction of sp³-hybridized carbons (Fsp3) is 0.167. The summed E-state index contributed by atoms with van der Waals surface area (Å²) in [5.41, 5.74) is 7.89. The van der Waals surface area contributed by atoms with Gasteiger partial charge in [-0.15, -0.1) is 0 Å². The Balaban J connectivity index is 1.84. The van der Waals surface area contributed by atoms with Gasteiger partial charge in [0.15, 0.2) is 0 Å². The monoisotopic (exact) mass is 336 g/mol. The molecule has 3 aromatic rings. The Morgan fingerprint density at radius 1 is 1.04 bits per heavy atom. The maximum Gasteiger partial charge on any atom is 0.227 e. The van der Waals surface area contributed by atoms with Crippen molar-refractivity contribution < 1.29 is 5.11 Å². The fourth-order valence-electron chi connectivity index (χ4n) is 2.34. The number of nitrogens with two attached hydrogens (primary N) is 1. The number of rotatable bonds is 7. The zero-order valence-corrected chi connectivity index (χ0v) is 13.7. The molecule has 1 aromatic carbocycles. The Bertz CT molecular complexity index is 839. The summed E-state index contributed by atoms with van der Waals surface area (Å²) >= 11 is 0. The smallest absolute Gasteiger partial charge is 0.227 e. The second kappa shape index (κ2) is 8.07. The molecule has 128 valence electrons. The number of hydrogen-bond acceptors (Lipinski definition) is 7. The highest BCUT2D eigenvalue weighted by molar-refractivity contribution is 5.73. The van der Waals surface area contributed by atoms with Crippen LogP contribution in [0.15, 0.2) is 54.9 Å². The highest BCUT2D eigenvalue weighted by Gasteiger charge is 2.09. The van der Waals surface area contributed by atoms with Gasteiger partial charge in [-0.3, -0.25) is 0 Å². The Labute approximate surface area is 146 Å². The summed E-state index contributed by atoms with van der Waals surface area (Å²) < 4.78 is 0. The number of anilines is 3. The lowest BCUT2D eigenvalue weighted by atomic mass is 10.2. The largest absolute Gasteiger partial charge is 0.508 e. The average molecular weight is 336 g/mol. The van der Waals surface area contributed by atoms with Crippen LogP contribution in [0.3, 0.4) is 0 Å². The van der Waals surface area contributed by atoms with Crippen LogP contribution in [-0.4, -0.2) is 33.1 Å². The molecule has 0 radical (unpaired) electrons. The summed E-state index contributed by atoms with van der Waals surface area (Å²) in [4.78, 5) is 13.2. The third-order valence-electron chi connectivity index (χ3n) is 3.51. The molecule has 0 amide bonds. The first-order chi connectivity index (χ1) is 12.3. The highest BCUT2D eigenvalue weighted by atomic mass is 16.3. The first kappa shape index (κ1) is 16.7. The molecule has 0 saturated carbocycles. The molecule has 2 aromatic heterocycles. The third-order valence-corrected chi connectivity index (χ3v) is 3.51. The van der Waals surface area contributed by atoms with Crippen molar-refractivity contribution in [3.8, 4) is 17.0 Å². The summed E-state index contributed by atoms with van der Waals surface area (Å²) in [5.74, 6) is 1.39. The molecule has 0 saturated heterocycles. The molecule has 7 nitrogen and oxygen atoms in total. The maximum atomic E-state index is 9.56. The summed E-state index contributed by atoms with van der Waals surface area (Å²) in [6.45, 7) is 1.38. The standard InChI is InChI=1S/C18H20N6O/c19-8-3-10-21-17-15(6-2-9-20-17)16-7-11-22-18(24-16)23-13-4-1-5-14(25)12-13/h1-2,4-7,9,11-12,25H,3,8,10,19H2,(H,20,21)(H,22,23,24). The molecule has 2 heterocycles. The van der Waals surface area contributed by atoms with E-state index >= 15 is 0 Å². The van der Waals surface area contributed by atoms with Crippen LogP contribution in [0, 0.1) is 0 Å². The second-order valence-electron chi connectivity index (χ2n) is 5.41. The lowest BCUT2D eigenvalue weighted by Gasteiger charge is -2.11. The maximum absolute atomic E-state index is 9.56. The van der Waals surface area contributed by atoms with Gasteiger partial charge in [-0.2, -0.15) is 0 Å². The molecule has 0 atom stereocenters. The molecule has 25 heavy (non-hydrogen) atoms. The van der Waals surface area contributed by atoms with Gasteiger partial charge in [-0.05, 0) is 43.3 Å². The zero-order chi connectivity index (χ0) is 17.5. The summed E-state index contributed by atoms with van der Waals surface area (Å²) in [6, 6.07) is 12.5. The van der Waals surface area contributed by atoms with Crippen molar-refractivity contribution in [2.24, 2.45) is 5.73 Å². The van der Waals surface area contributed by atoms with E-state index < -0.39 is 0 Å². The van der Waals surface area contributed by atoms with E-state index in [-0.39, 0.29) is 5.75 Å². The molecule has 5 N–H and O–H groups in total. The van der Waals surface area contributed by atoms with Crippen molar-refractivity contribution in [3.63, 3.8) is 0 Å². The Morgan fingerprint density at radius 3 is 2.80 bits per heavy atom. The average Bonchev–Trinajstić information content (AvgIpc) is 2.63. The summed E-state index contributed by atoms with van der Waals surface area (Å²) in [7, 11) is 0. The van der Waals surface area contributed by atoms with Crippen LogP contribution >= 0.6 is 0 Å². The molecule has 3 rings (SSSR count). The Kier molecular flexibility index (Phi) is 5.38. The number of nitrogens with one attached hydrogen (secondary N) is 2. The normalized spacial score (nSPS) is 10.4. The van der Waals surface area contributed by atoms with Crippen LogP contribution in [0.2, 0.25) is 0 Å². The minimum Gasteiger partial charge on any atom is -0.508 e. The minimum atomic E-state index is 0.180. The molecule has 0 fully saturated rings. The number of nitrogens with zero attached hydrogens (tertiary/aromatic N) is 3. The van der Waals surface area contributed by atoms with Gasteiger partial charge in [-0.25, -0.2) is 15.0 Å². The SMILES string of the molecule is NCCCNc1ncccc1-c1ccnc(Nc2cccc(O)c2)n1. The molecular weight excluding hydrogens is 316 g/mol. The van der Waals surface area contributed by atoms with Gasteiger partial charge >= 0.3 is 0 Å². The van der Waals surface area contributed by atoms with Gasteiger partial charge in [-0.1, -0.05) is 6.07 Å². The molecule has 0 unspecified atom stereocenters. The van der Waals surface area contributed by atoms with Gasteiger partial charge in [0, 0.05) is 36.3 Å². The number of phenols is 1. The van der Waals surface area contributed by atoms with Crippen molar-refractivity contribution >= 4 is 17.5 Å². The van der Waals surface area contributed by atoms with Crippen molar-refractivity contribution in [2.45, 2.75) is 6.42 Å². The van der Waals surface area contributed by atoms with E-state index in [1.165, 1.54) is 0 Å². The summed E-state index contributed by atoms with van der Waals surface area (Å²) in [6.07, 6.45) is 4.29. The van der Waals surface area contributed by atoms with E-state index in [0.29, 0.717) is 18.2 Å².